The second-order valence-electron chi connectivity index (χ2n) is 5.79. The second-order valence-corrected chi connectivity index (χ2v) is 5.79. The highest BCUT2D eigenvalue weighted by Gasteiger charge is 2.29. The highest BCUT2D eigenvalue weighted by Crippen LogP contribution is 2.30. The Balaban J connectivity index is 1.69. The molecule has 0 aromatic heterocycles. The maximum Gasteiger partial charge on any atom is 0.0949 e. The van der Waals surface area contributed by atoms with Crippen LogP contribution in [-0.2, 0) is 4.74 Å². The summed E-state index contributed by atoms with van der Waals surface area (Å²) in [6, 6.07) is 9.45. The Labute approximate surface area is 110 Å². The van der Waals surface area contributed by atoms with Crippen LogP contribution in [-0.4, -0.2) is 19.2 Å². The van der Waals surface area contributed by atoms with E-state index in [2.05, 4.69) is 36.5 Å². The molecule has 1 N–H and O–H groups in total. The summed E-state index contributed by atoms with van der Waals surface area (Å²) < 4.78 is 6.14. The van der Waals surface area contributed by atoms with Gasteiger partial charge in [0.05, 0.1) is 12.7 Å². The molecule has 1 aromatic rings. The SMILES string of the molecule is Cc1ccc(C2CNC3CCCCC3CO2)cc1. The van der Waals surface area contributed by atoms with E-state index in [0.29, 0.717) is 6.04 Å². The summed E-state index contributed by atoms with van der Waals surface area (Å²) in [6.45, 7) is 4.02. The standard InChI is InChI=1S/C16H23NO/c1-12-6-8-13(9-7-12)16-10-17-15-5-3-2-4-14(15)11-18-16/h6-9,14-17H,2-5,10-11H2,1H3. The van der Waals surface area contributed by atoms with E-state index in [1.807, 2.05) is 0 Å². The smallest absolute Gasteiger partial charge is 0.0949 e. The molecular formula is C16H23NO. The predicted octanol–water partition coefficient (Wildman–Crippen LogP) is 3.21. The van der Waals surface area contributed by atoms with Gasteiger partial charge in [-0.2, -0.15) is 0 Å². The van der Waals surface area contributed by atoms with E-state index in [1.165, 1.54) is 36.8 Å². The van der Waals surface area contributed by atoms with Gasteiger partial charge in [-0.1, -0.05) is 42.7 Å². The highest BCUT2D eigenvalue weighted by molar-refractivity contribution is 5.23. The molecule has 1 heterocycles. The Hall–Kier alpha value is -0.860. The van der Waals surface area contributed by atoms with E-state index >= 15 is 0 Å². The van der Waals surface area contributed by atoms with E-state index in [-0.39, 0.29) is 6.10 Å². The molecule has 2 nitrogen and oxygen atoms in total. The van der Waals surface area contributed by atoms with Crippen molar-refractivity contribution < 1.29 is 4.74 Å². The lowest BCUT2D eigenvalue weighted by atomic mass is 9.85. The summed E-state index contributed by atoms with van der Waals surface area (Å²) in [5.74, 6) is 0.731. The number of fused-ring (bicyclic) bond motifs is 1. The molecule has 3 atom stereocenters. The molecule has 1 aliphatic carbocycles. The summed E-state index contributed by atoms with van der Waals surface area (Å²) >= 11 is 0. The molecule has 1 aromatic carbocycles. The minimum Gasteiger partial charge on any atom is -0.372 e. The van der Waals surface area contributed by atoms with E-state index in [4.69, 9.17) is 4.74 Å². The molecule has 3 rings (SSSR count). The fraction of sp³-hybridized carbons (Fsp3) is 0.625. The number of hydrogen-bond acceptors (Lipinski definition) is 2. The molecule has 2 aliphatic rings. The Morgan fingerprint density at radius 3 is 2.72 bits per heavy atom. The van der Waals surface area contributed by atoms with Gasteiger partial charge in [0.1, 0.15) is 0 Å². The quantitative estimate of drug-likeness (QED) is 0.820. The van der Waals surface area contributed by atoms with Crippen molar-refractivity contribution in [3.63, 3.8) is 0 Å². The topological polar surface area (TPSA) is 21.3 Å². The van der Waals surface area contributed by atoms with Crippen molar-refractivity contribution in [2.24, 2.45) is 5.92 Å². The van der Waals surface area contributed by atoms with Gasteiger partial charge < -0.3 is 10.1 Å². The van der Waals surface area contributed by atoms with Crippen molar-refractivity contribution in [3.8, 4) is 0 Å². The first-order chi connectivity index (χ1) is 8.83. The first-order valence-electron chi connectivity index (χ1n) is 7.24. The summed E-state index contributed by atoms with van der Waals surface area (Å²) in [5, 5.41) is 3.72. The van der Waals surface area contributed by atoms with Gasteiger partial charge in [-0.15, -0.1) is 0 Å². The van der Waals surface area contributed by atoms with Gasteiger partial charge in [0.25, 0.3) is 0 Å². The molecule has 1 aliphatic heterocycles. The lowest BCUT2D eigenvalue weighted by molar-refractivity contribution is 0.0401. The minimum absolute atomic E-state index is 0.233. The van der Waals surface area contributed by atoms with Crippen molar-refractivity contribution in [2.45, 2.75) is 44.8 Å². The van der Waals surface area contributed by atoms with Crippen molar-refractivity contribution in [1.82, 2.24) is 5.32 Å². The van der Waals surface area contributed by atoms with Crippen LogP contribution in [0.1, 0.15) is 42.9 Å². The first kappa shape index (κ1) is 12.2. The minimum atomic E-state index is 0.233. The predicted molar refractivity (Wildman–Crippen MR) is 73.6 cm³/mol. The Kier molecular flexibility index (Phi) is 3.67. The average Bonchev–Trinajstić information content (AvgIpc) is 2.62. The van der Waals surface area contributed by atoms with Crippen molar-refractivity contribution in [1.29, 1.82) is 0 Å². The number of aryl methyl sites for hydroxylation is 1. The van der Waals surface area contributed by atoms with Crippen LogP contribution in [0.15, 0.2) is 24.3 Å². The van der Waals surface area contributed by atoms with Crippen LogP contribution in [0.3, 0.4) is 0 Å². The number of benzene rings is 1. The Bertz CT molecular complexity index is 371. The van der Waals surface area contributed by atoms with Gasteiger partial charge in [-0.05, 0) is 31.2 Å². The lowest BCUT2D eigenvalue weighted by Gasteiger charge is -2.29. The number of hydrogen-bond donors (Lipinski definition) is 1. The van der Waals surface area contributed by atoms with Crippen LogP contribution in [0.25, 0.3) is 0 Å². The first-order valence-corrected chi connectivity index (χ1v) is 7.24. The largest absolute Gasteiger partial charge is 0.372 e. The fourth-order valence-corrected chi connectivity index (χ4v) is 3.23. The van der Waals surface area contributed by atoms with Gasteiger partial charge >= 0.3 is 0 Å². The van der Waals surface area contributed by atoms with Crippen LogP contribution in [0.4, 0.5) is 0 Å². The van der Waals surface area contributed by atoms with Crippen molar-refractivity contribution >= 4 is 0 Å². The summed E-state index contributed by atoms with van der Waals surface area (Å²) in [4.78, 5) is 0. The van der Waals surface area contributed by atoms with Crippen LogP contribution in [0.2, 0.25) is 0 Å². The molecule has 0 amide bonds. The number of ether oxygens (including phenoxy) is 1. The normalized spacial score (nSPS) is 32.6. The van der Waals surface area contributed by atoms with Crippen LogP contribution >= 0.6 is 0 Å². The van der Waals surface area contributed by atoms with Gasteiger partial charge in [0.15, 0.2) is 0 Å². The summed E-state index contributed by atoms with van der Waals surface area (Å²) in [5.41, 5.74) is 2.63. The molecule has 1 saturated heterocycles. The fourth-order valence-electron chi connectivity index (χ4n) is 3.23. The second kappa shape index (κ2) is 5.41. The van der Waals surface area contributed by atoms with Crippen LogP contribution < -0.4 is 5.32 Å². The number of nitrogens with one attached hydrogen (secondary N) is 1. The maximum absolute atomic E-state index is 6.14. The molecule has 2 fully saturated rings. The van der Waals surface area contributed by atoms with Crippen LogP contribution in [0, 0.1) is 12.8 Å². The van der Waals surface area contributed by atoms with Gasteiger partial charge in [-0.3, -0.25) is 0 Å². The third-order valence-electron chi connectivity index (χ3n) is 4.44. The number of rotatable bonds is 1. The zero-order valence-electron chi connectivity index (χ0n) is 11.2. The molecule has 1 saturated carbocycles. The van der Waals surface area contributed by atoms with E-state index in [1.54, 1.807) is 0 Å². The monoisotopic (exact) mass is 245 g/mol. The summed E-state index contributed by atoms with van der Waals surface area (Å²) in [6.07, 6.45) is 5.65. The molecule has 0 bridgehead atoms. The Morgan fingerprint density at radius 2 is 1.89 bits per heavy atom. The lowest BCUT2D eigenvalue weighted by Crippen LogP contribution is -2.38. The van der Waals surface area contributed by atoms with E-state index < -0.39 is 0 Å². The van der Waals surface area contributed by atoms with E-state index in [9.17, 15) is 0 Å². The average molecular weight is 245 g/mol. The molecule has 2 heteroatoms. The molecule has 18 heavy (non-hydrogen) atoms. The van der Waals surface area contributed by atoms with Gasteiger partial charge in [-0.25, -0.2) is 0 Å². The Morgan fingerprint density at radius 1 is 1.11 bits per heavy atom. The molecule has 0 spiro atoms. The highest BCUT2D eigenvalue weighted by atomic mass is 16.5. The van der Waals surface area contributed by atoms with Crippen LogP contribution in [0.5, 0.6) is 0 Å². The van der Waals surface area contributed by atoms with Crippen molar-refractivity contribution in [3.05, 3.63) is 35.4 Å². The van der Waals surface area contributed by atoms with Crippen molar-refractivity contribution in [2.75, 3.05) is 13.2 Å². The van der Waals surface area contributed by atoms with Gasteiger partial charge in [0.2, 0.25) is 0 Å². The van der Waals surface area contributed by atoms with Gasteiger partial charge in [0, 0.05) is 12.6 Å². The third-order valence-corrected chi connectivity index (χ3v) is 4.44. The molecule has 0 radical (unpaired) electrons. The maximum atomic E-state index is 6.14. The molecule has 98 valence electrons. The molecule has 3 unspecified atom stereocenters. The zero-order valence-corrected chi connectivity index (χ0v) is 11.2. The summed E-state index contributed by atoms with van der Waals surface area (Å²) in [7, 11) is 0. The third kappa shape index (κ3) is 2.60. The molecular weight excluding hydrogens is 222 g/mol. The zero-order chi connectivity index (χ0) is 12.4. The van der Waals surface area contributed by atoms with E-state index in [0.717, 1.165) is 19.1 Å².